The second-order valence-corrected chi connectivity index (χ2v) is 10.7. The number of nitrogens with one attached hydrogen (secondary N) is 1. The summed E-state index contributed by atoms with van der Waals surface area (Å²) in [5.74, 6) is 0.330. The number of para-hydroxylation sites is 2. The maximum atomic E-state index is 13.4. The van der Waals surface area contributed by atoms with Crippen molar-refractivity contribution >= 4 is 38.3 Å². The van der Waals surface area contributed by atoms with Gasteiger partial charge in [0.05, 0.1) is 17.6 Å². The van der Waals surface area contributed by atoms with Crippen molar-refractivity contribution in [1.82, 2.24) is 19.2 Å². The van der Waals surface area contributed by atoms with E-state index in [2.05, 4.69) is 10.3 Å². The Bertz CT molecular complexity index is 1440. The zero-order valence-corrected chi connectivity index (χ0v) is 19.8. The van der Waals surface area contributed by atoms with Crippen LogP contribution in [0.1, 0.15) is 33.5 Å². The maximum absolute atomic E-state index is 13.4. The van der Waals surface area contributed by atoms with Gasteiger partial charge in [-0.15, -0.1) is 11.3 Å². The fourth-order valence-electron chi connectivity index (χ4n) is 4.33. The molecular weight excluding hydrogens is 456 g/mol. The lowest BCUT2D eigenvalue weighted by molar-refractivity contribution is 0.0950. The topological polar surface area (TPSA) is 84.3 Å². The Morgan fingerprint density at radius 1 is 1.09 bits per heavy atom. The van der Waals surface area contributed by atoms with Gasteiger partial charge in [-0.1, -0.05) is 36.4 Å². The first-order valence-corrected chi connectivity index (χ1v) is 13.2. The van der Waals surface area contributed by atoms with E-state index < -0.39 is 15.9 Å². The monoisotopic (exact) mass is 480 g/mol. The summed E-state index contributed by atoms with van der Waals surface area (Å²) in [6.45, 7) is 3.68. The molecule has 0 bridgehead atoms. The summed E-state index contributed by atoms with van der Waals surface area (Å²) in [5.41, 5.74) is 4.06. The highest BCUT2D eigenvalue weighted by Crippen LogP contribution is 2.29. The molecule has 0 spiro atoms. The number of thiophene rings is 1. The summed E-state index contributed by atoms with van der Waals surface area (Å²) in [5, 5.41) is 4.53. The number of carbonyl (C=O) groups is 1. The van der Waals surface area contributed by atoms with Crippen molar-refractivity contribution in [2.24, 2.45) is 0 Å². The Morgan fingerprint density at radius 3 is 2.67 bits per heavy atom. The standard InChI is InChI=1S/C24H24N4O3S2/c1-2-28-20-10-6-5-9-19(20)26-22(28)15-25-24(29)23-21(12-14-32-23)33(30,31)27-13-11-17-7-3-4-8-18(17)16-27/h3-10,12,14H,2,11,13,15-16H2,1H3,(H,25,29). The molecule has 2 aromatic heterocycles. The first-order chi connectivity index (χ1) is 16.0. The van der Waals surface area contributed by atoms with Crippen LogP contribution < -0.4 is 5.32 Å². The number of hydrogen-bond acceptors (Lipinski definition) is 5. The molecule has 1 N–H and O–H groups in total. The van der Waals surface area contributed by atoms with E-state index in [9.17, 15) is 13.2 Å². The van der Waals surface area contributed by atoms with E-state index in [-0.39, 0.29) is 16.3 Å². The highest BCUT2D eigenvalue weighted by molar-refractivity contribution is 7.89. The van der Waals surface area contributed by atoms with Gasteiger partial charge in [-0.3, -0.25) is 4.79 Å². The molecule has 0 unspecified atom stereocenters. The van der Waals surface area contributed by atoms with Crippen LogP contribution in [-0.2, 0) is 36.1 Å². The zero-order chi connectivity index (χ0) is 23.0. The van der Waals surface area contributed by atoms with E-state index in [1.807, 2.05) is 60.0 Å². The van der Waals surface area contributed by atoms with Gasteiger partial charge in [0.2, 0.25) is 10.0 Å². The summed E-state index contributed by atoms with van der Waals surface area (Å²) in [4.78, 5) is 17.9. The van der Waals surface area contributed by atoms with Crippen molar-refractivity contribution in [3.63, 3.8) is 0 Å². The summed E-state index contributed by atoms with van der Waals surface area (Å²) in [6.07, 6.45) is 0.661. The van der Waals surface area contributed by atoms with Gasteiger partial charge >= 0.3 is 0 Å². The highest BCUT2D eigenvalue weighted by Gasteiger charge is 2.32. The lowest BCUT2D eigenvalue weighted by atomic mass is 10.0. The third-order valence-corrected chi connectivity index (χ3v) is 8.94. The third-order valence-electron chi connectivity index (χ3n) is 6.01. The fraction of sp³-hybridized carbons (Fsp3) is 0.250. The van der Waals surface area contributed by atoms with Crippen molar-refractivity contribution in [1.29, 1.82) is 0 Å². The average molecular weight is 481 g/mol. The molecule has 1 aliphatic heterocycles. The molecule has 2 aromatic carbocycles. The molecular formula is C24H24N4O3S2. The van der Waals surface area contributed by atoms with Crippen molar-refractivity contribution in [2.45, 2.75) is 37.9 Å². The van der Waals surface area contributed by atoms with Gasteiger partial charge in [-0.2, -0.15) is 4.31 Å². The number of fused-ring (bicyclic) bond motifs is 2. The molecule has 0 atom stereocenters. The van der Waals surface area contributed by atoms with Crippen LogP contribution in [0.4, 0.5) is 0 Å². The Balaban J connectivity index is 1.36. The molecule has 9 heteroatoms. The number of aryl methyl sites for hydroxylation is 1. The number of amides is 1. The van der Waals surface area contributed by atoms with E-state index in [1.54, 1.807) is 5.38 Å². The molecule has 5 rings (SSSR count). The summed E-state index contributed by atoms with van der Waals surface area (Å²) in [7, 11) is -3.79. The maximum Gasteiger partial charge on any atom is 0.263 e. The summed E-state index contributed by atoms with van der Waals surface area (Å²) < 4.78 is 30.3. The van der Waals surface area contributed by atoms with Crippen LogP contribution in [0.2, 0.25) is 0 Å². The van der Waals surface area contributed by atoms with Crippen LogP contribution in [-0.4, -0.2) is 34.7 Å². The number of aromatic nitrogens is 2. The van der Waals surface area contributed by atoms with E-state index in [0.29, 0.717) is 19.5 Å². The van der Waals surface area contributed by atoms with Crippen LogP contribution in [0.15, 0.2) is 64.9 Å². The molecule has 0 saturated heterocycles. The number of carbonyl (C=O) groups excluding carboxylic acids is 1. The minimum Gasteiger partial charge on any atom is -0.344 e. The Morgan fingerprint density at radius 2 is 1.85 bits per heavy atom. The van der Waals surface area contributed by atoms with E-state index in [1.165, 1.54) is 15.9 Å². The molecule has 0 fully saturated rings. The van der Waals surface area contributed by atoms with Crippen LogP contribution in [0.5, 0.6) is 0 Å². The van der Waals surface area contributed by atoms with Gasteiger partial charge in [-0.25, -0.2) is 13.4 Å². The summed E-state index contributed by atoms with van der Waals surface area (Å²) in [6, 6.07) is 17.2. The van der Waals surface area contributed by atoms with Gasteiger partial charge in [0, 0.05) is 19.6 Å². The summed E-state index contributed by atoms with van der Waals surface area (Å²) >= 11 is 1.14. The first-order valence-electron chi connectivity index (χ1n) is 10.9. The number of benzene rings is 2. The van der Waals surface area contributed by atoms with Crippen molar-refractivity contribution in [3.05, 3.63) is 81.8 Å². The predicted molar refractivity (Wildman–Crippen MR) is 129 cm³/mol. The predicted octanol–water partition coefficient (Wildman–Crippen LogP) is 3.79. The van der Waals surface area contributed by atoms with Crippen molar-refractivity contribution in [2.75, 3.05) is 6.54 Å². The molecule has 0 radical (unpaired) electrons. The normalized spacial score (nSPS) is 14.3. The molecule has 0 saturated carbocycles. The smallest absolute Gasteiger partial charge is 0.263 e. The first kappa shape index (κ1) is 21.8. The van der Waals surface area contributed by atoms with Gasteiger partial charge in [0.15, 0.2) is 0 Å². The molecule has 1 aliphatic rings. The highest BCUT2D eigenvalue weighted by atomic mass is 32.2. The number of hydrogen-bond donors (Lipinski definition) is 1. The Kier molecular flexibility index (Phi) is 5.77. The molecule has 7 nitrogen and oxygen atoms in total. The van der Waals surface area contributed by atoms with E-state index in [0.717, 1.165) is 40.3 Å². The minimum absolute atomic E-state index is 0.0633. The number of imidazole rings is 1. The lowest BCUT2D eigenvalue weighted by Crippen LogP contribution is -2.36. The molecule has 3 heterocycles. The largest absolute Gasteiger partial charge is 0.344 e. The number of sulfonamides is 1. The number of nitrogens with zero attached hydrogens (tertiary/aromatic N) is 3. The van der Waals surface area contributed by atoms with E-state index in [4.69, 9.17) is 0 Å². The third kappa shape index (κ3) is 3.96. The van der Waals surface area contributed by atoms with Crippen LogP contribution in [0.25, 0.3) is 11.0 Å². The Labute approximate surface area is 196 Å². The molecule has 33 heavy (non-hydrogen) atoms. The Hall–Kier alpha value is -3.01. The second kappa shape index (κ2) is 8.74. The van der Waals surface area contributed by atoms with Crippen molar-refractivity contribution in [3.8, 4) is 0 Å². The average Bonchev–Trinajstić information content (AvgIpc) is 3.47. The molecule has 1 amide bonds. The van der Waals surface area contributed by atoms with Gasteiger partial charge in [-0.05, 0) is 48.1 Å². The lowest BCUT2D eigenvalue weighted by Gasteiger charge is -2.28. The fourth-order valence-corrected chi connectivity index (χ4v) is 7.07. The van der Waals surface area contributed by atoms with Gasteiger partial charge in [0.25, 0.3) is 5.91 Å². The second-order valence-electron chi connectivity index (χ2n) is 7.91. The van der Waals surface area contributed by atoms with E-state index >= 15 is 0 Å². The molecule has 170 valence electrons. The molecule has 4 aromatic rings. The molecule has 0 aliphatic carbocycles. The number of rotatable bonds is 6. The van der Waals surface area contributed by atoms with Crippen LogP contribution in [0, 0.1) is 0 Å². The van der Waals surface area contributed by atoms with Gasteiger partial charge in [0.1, 0.15) is 15.6 Å². The van der Waals surface area contributed by atoms with Gasteiger partial charge < -0.3 is 9.88 Å². The van der Waals surface area contributed by atoms with Crippen molar-refractivity contribution < 1.29 is 13.2 Å². The quantitative estimate of drug-likeness (QED) is 0.455. The minimum atomic E-state index is -3.79. The SMILES string of the molecule is CCn1c(CNC(=O)c2sccc2S(=O)(=O)N2CCc3ccccc3C2)nc2ccccc21. The zero-order valence-electron chi connectivity index (χ0n) is 18.2. The van der Waals surface area contributed by atoms with Crippen LogP contribution in [0.3, 0.4) is 0 Å². The van der Waals surface area contributed by atoms with Crippen LogP contribution >= 0.6 is 11.3 Å².